The quantitative estimate of drug-likeness (QED) is 0.632. The van der Waals surface area contributed by atoms with E-state index in [1.807, 2.05) is 6.07 Å². The lowest BCUT2D eigenvalue weighted by atomic mass is 9.89. The third kappa shape index (κ3) is 4.44. The first-order chi connectivity index (χ1) is 14.8. The van der Waals surface area contributed by atoms with Crippen molar-refractivity contribution in [1.82, 2.24) is 14.5 Å². The van der Waals surface area contributed by atoms with E-state index >= 15 is 0 Å². The molecule has 162 valence electrons. The fraction of sp³-hybridized carbons (Fsp3) is 0.304. The van der Waals surface area contributed by atoms with E-state index in [1.165, 1.54) is 4.68 Å². The molecular weight excluding hydrogens is 434 g/mol. The van der Waals surface area contributed by atoms with Gasteiger partial charge in [-0.25, -0.2) is 17.8 Å². The van der Waals surface area contributed by atoms with E-state index in [0.29, 0.717) is 21.8 Å². The highest BCUT2D eigenvalue weighted by Gasteiger charge is 2.23. The Morgan fingerprint density at radius 2 is 1.74 bits per heavy atom. The maximum absolute atomic E-state index is 13.1. The number of aromatic nitrogens is 2. The molecule has 0 atom stereocenters. The number of fused-ring (bicyclic) bond motifs is 1. The first-order valence-corrected chi connectivity index (χ1v) is 12.1. The molecule has 2 aromatic carbocycles. The second-order valence-corrected chi connectivity index (χ2v) is 10.0. The molecule has 0 spiro atoms. The van der Waals surface area contributed by atoms with Crippen LogP contribution in [0, 0.1) is 6.92 Å². The normalized spacial score (nSPS) is 13.8. The predicted octanol–water partition coefficient (Wildman–Crippen LogP) is 3.77. The lowest BCUT2D eigenvalue weighted by Crippen LogP contribution is -2.28. The average Bonchev–Trinajstić information content (AvgIpc) is 2.76. The second kappa shape index (κ2) is 8.57. The average molecular weight is 458 g/mol. The van der Waals surface area contributed by atoms with Gasteiger partial charge in [0.1, 0.15) is 0 Å². The lowest BCUT2D eigenvalue weighted by molar-refractivity contribution is 0.580. The van der Waals surface area contributed by atoms with Crippen molar-refractivity contribution in [3.63, 3.8) is 0 Å². The summed E-state index contributed by atoms with van der Waals surface area (Å²) >= 11 is 5.90. The summed E-state index contributed by atoms with van der Waals surface area (Å²) in [4.78, 5) is 12.7. The molecular formula is C23H24ClN3O3S. The van der Waals surface area contributed by atoms with Crippen LogP contribution in [0.15, 0.2) is 52.2 Å². The molecule has 1 N–H and O–H groups in total. The van der Waals surface area contributed by atoms with Crippen molar-refractivity contribution in [2.24, 2.45) is 7.05 Å². The van der Waals surface area contributed by atoms with E-state index in [-0.39, 0.29) is 17.0 Å². The molecule has 1 aromatic heterocycles. The van der Waals surface area contributed by atoms with Crippen molar-refractivity contribution in [3.05, 3.63) is 80.1 Å². The third-order valence-corrected chi connectivity index (χ3v) is 7.48. The van der Waals surface area contributed by atoms with Crippen LogP contribution in [-0.4, -0.2) is 18.2 Å². The lowest BCUT2D eigenvalue weighted by Gasteiger charge is -2.20. The zero-order chi connectivity index (χ0) is 22.2. The van der Waals surface area contributed by atoms with E-state index in [2.05, 4.69) is 9.82 Å². The standard InChI is InChI=1S/C23H24ClN3O3S/c1-15-7-10-17(22-19-5-3-4-6-20(19)23(28)27(2)26-22)13-21(15)31(29,30)25-14-16-8-11-18(24)12-9-16/h7-13,25H,3-6,14H2,1-2H3. The highest BCUT2D eigenvalue weighted by atomic mass is 35.5. The number of rotatable bonds is 5. The van der Waals surface area contributed by atoms with E-state index in [1.54, 1.807) is 50.4 Å². The molecule has 1 aliphatic rings. The van der Waals surface area contributed by atoms with E-state index in [9.17, 15) is 13.2 Å². The summed E-state index contributed by atoms with van der Waals surface area (Å²) in [6.45, 7) is 1.93. The van der Waals surface area contributed by atoms with Crippen LogP contribution in [0.25, 0.3) is 11.3 Å². The molecule has 31 heavy (non-hydrogen) atoms. The molecule has 4 rings (SSSR count). The summed E-state index contributed by atoms with van der Waals surface area (Å²) < 4.78 is 30.2. The van der Waals surface area contributed by atoms with Gasteiger partial charge in [0, 0.05) is 29.7 Å². The van der Waals surface area contributed by atoms with Gasteiger partial charge in [0.05, 0.1) is 10.6 Å². The fourth-order valence-corrected chi connectivity index (χ4v) is 5.39. The minimum atomic E-state index is -3.75. The molecule has 0 unspecified atom stereocenters. The molecule has 1 heterocycles. The van der Waals surface area contributed by atoms with Gasteiger partial charge in [0.15, 0.2) is 0 Å². The van der Waals surface area contributed by atoms with Crippen LogP contribution in [0.1, 0.15) is 35.1 Å². The number of benzene rings is 2. The number of hydrogen-bond donors (Lipinski definition) is 1. The minimum absolute atomic E-state index is 0.0666. The Morgan fingerprint density at radius 3 is 2.45 bits per heavy atom. The number of nitrogens with zero attached hydrogens (tertiary/aromatic N) is 2. The number of halogens is 1. The molecule has 0 aliphatic heterocycles. The number of sulfonamides is 1. The Hall–Kier alpha value is -2.48. The van der Waals surface area contributed by atoms with Crippen LogP contribution in [0.2, 0.25) is 5.02 Å². The van der Waals surface area contributed by atoms with Gasteiger partial charge in [0.2, 0.25) is 10.0 Å². The zero-order valence-corrected chi connectivity index (χ0v) is 19.1. The van der Waals surface area contributed by atoms with Crippen LogP contribution in [0.5, 0.6) is 0 Å². The van der Waals surface area contributed by atoms with E-state index in [4.69, 9.17) is 11.6 Å². The Balaban J connectivity index is 1.72. The van der Waals surface area contributed by atoms with Crippen LogP contribution in [-0.2, 0) is 36.5 Å². The molecule has 0 saturated carbocycles. The van der Waals surface area contributed by atoms with Crippen LogP contribution in [0.3, 0.4) is 0 Å². The maximum Gasteiger partial charge on any atom is 0.269 e. The van der Waals surface area contributed by atoms with Gasteiger partial charge in [0.25, 0.3) is 5.56 Å². The van der Waals surface area contributed by atoms with Crippen molar-refractivity contribution >= 4 is 21.6 Å². The van der Waals surface area contributed by atoms with E-state index < -0.39 is 10.0 Å². The van der Waals surface area contributed by atoms with Crippen LogP contribution in [0.4, 0.5) is 0 Å². The van der Waals surface area contributed by atoms with Gasteiger partial charge >= 0.3 is 0 Å². The fourth-order valence-electron chi connectivity index (χ4n) is 3.98. The molecule has 0 radical (unpaired) electrons. The molecule has 6 nitrogen and oxygen atoms in total. The van der Waals surface area contributed by atoms with Crippen molar-refractivity contribution in [3.8, 4) is 11.3 Å². The summed E-state index contributed by atoms with van der Waals surface area (Å²) in [5.41, 5.74) is 4.52. The Bertz CT molecular complexity index is 1300. The SMILES string of the molecule is Cc1ccc(-c2nn(C)c(=O)c3c2CCCC3)cc1S(=O)(=O)NCc1ccc(Cl)cc1. The predicted molar refractivity (Wildman–Crippen MR) is 122 cm³/mol. The number of aryl methyl sites for hydroxylation is 2. The number of hydrogen-bond acceptors (Lipinski definition) is 4. The van der Waals surface area contributed by atoms with Crippen molar-refractivity contribution in [2.75, 3.05) is 0 Å². The monoisotopic (exact) mass is 457 g/mol. The highest BCUT2D eigenvalue weighted by molar-refractivity contribution is 7.89. The molecule has 0 fully saturated rings. The van der Waals surface area contributed by atoms with Crippen molar-refractivity contribution in [1.29, 1.82) is 0 Å². The molecule has 1 aliphatic carbocycles. The zero-order valence-electron chi connectivity index (χ0n) is 17.5. The molecule has 0 amide bonds. The summed E-state index contributed by atoms with van der Waals surface area (Å²) in [5.74, 6) is 0. The van der Waals surface area contributed by atoms with E-state index in [0.717, 1.165) is 42.4 Å². The van der Waals surface area contributed by atoms with Crippen molar-refractivity contribution < 1.29 is 8.42 Å². The maximum atomic E-state index is 13.1. The van der Waals surface area contributed by atoms with Gasteiger partial charge in [-0.2, -0.15) is 5.10 Å². The molecule has 3 aromatic rings. The van der Waals surface area contributed by atoms with Gasteiger partial charge in [-0.05, 0) is 67.5 Å². The first-order valence-electron chi connectivity index (χ1n) is 10.2. The smallest absolute Gasteiger partial charge is 0.268 e. The highest BCUT2D eigenvalue weighted by Crippen LogP contribution is 2.30. The summed E-state index contributed by atoms with van der Waals surface area (Å²) in [5, 5.41) is 5.09. The topological polar surface area (TPSA) is 81.1 Å². The largest absolute Gasteiger partial charge is 0.269 e. The summed E-state index contributed by atoms with van der Waals surface area (Å²) in [6, 6.07) is 12.3. The van der Waals surface area contributed by atoms with Crippen molar-refractivity contribution in [2.45, 2.75) is 44.0 Å². The Kier molecular flexibility index (Phi) is 6.01. The molecule has 0 bridgehead atoms. The summed E-state index contributed by atoms with van der Waals surface area (Å²) in [6.07, 6.45) is 3.48. The van der Waals surface area contributed by atoms with Gasteiger partial charge < -0.3 is 0 Å². The Labute approximate surface area is 186 Å². The number of nitrogens with one attached hydrogen (secondary N) is 1. The molecule has 0 saturated heterocycles. The Morgan fingerprint density at radius 1 is 1.06 bits per heavy atom. The second-order valence-electron chi connectivity index (χ2n) is 7.87. The van der Waals surface area contributed by atoms with Gasteiger partial charge in [-0.15, -0.1) is 0 Å². The molecule has 8 heteroatoms. The van der Waals surface area contributed by atoms with Crippen LogP contribution < -0.4 is 10.3 Å². The third-order valence-electron chi connectivity index (χ3n) is 5.69. The van der Waals surface area contributed by atoms with Gasteiger partial charge in [-0.3, -0.25) is 4.79 Å². The van der Waals surface area contributed by atoms with Crippen LogP contribution >= 0.6 is 11.6 Å². The first kappa shape index (κ1) is 21.7. The van der Waals surface area contributed by atoms with Gasteiger partial charge in [-0.1, -0.05) is 35.9 Å². The summed E-state index contributed by atoms with van der Waals surface area (Å²) in [7, 11) is -2.11. The minimum Gasteiger partial charge on any atom is -0.268 e.